The minimum absolute atomic E-state index is 0.472. The molecule has 2 unspecified atom stereocenters. The first-order valence-electron chi connectivity index (χ1n) is 3.08. The molecule has 1 aliphatic heterocycles. The van der Waals surface area contributed by atoms with Gasteiger partial charge in [-0.2, -0.15) is 0 Å². The zero-order chi connectivity index (χ0) is 6.15. The second-order valence-electron chi connectivity index (χ2n) is 2.38. The van der Waals surface area contributed by atoms with Gasteiger partial charge >= 0.3 is 0 Å². The van der Waals surface area contributed by atoms with Crippen molar-refractivity contribution >= 4 is 0 Å². The molecular weight excluding hydrogens is 102 g/mol. The Hall–Kier alpha value is -0.0800. The third kappa shape index (κ3) is 1.01. The molecule has 1 N–H and O–H groups in total. The summed E-state index contributed by atoms with van der Waals surface area (Å²) < 4.78 is 5.21. The molecule has 0 bridgehead atoms. The normalized spacial score (nSPS) is 39.4. The van der Waals surface area contributed by atoms with Gasteiger partial charge in [0.05, 0.1) is 12.2 Å². The fraction of sp³-hybridized carbons (Fsp3) is 1.00. The van der Waals surface area contributed by atoms with E-state index in [4.69, 9.17) is 4.74 Å². The Morgan fingerprint density at radius 1 is 1.62 bits per heavy atom. The first-order chi connectivity index (χ1) is 3.75. The highest BCUT2D eigenvalue weighted by Crippen LogP contribution is 2.23. The van der Waals surface area contributed by atoms with Crippen molar-refractivity contribution in [2.75, 3.05) is 7.05 Å². The van der Waals surface area contributed by atoms with Crippen molar-refractivity contribution in [3.8, 4) is 0 Å². The van der Waals surface area contributed by atoms with Crippen LogP contribution in [0.2, 0.25) is 0 Å². The van der Waals surface area contributed by atoms with E-state index >= 15 is 0 Å². The molecule has 0 aromatic heterocycles. The van der Waals surface area contributed by atoms with Crippen LogP contribution >= 0.6 is 0 Å². The zero-order valence-corrected chi connectivity index (χ0v) is 5.64. The summed E-state index contributed by atoms with van der Waals surface area (Å²) in [7, 11) is 1.96. The van der Waals surface area contributed by atoms with E-state index in [2.05, 4.69) is 19.2 Å². The molecular formula is C6H13NO. The lowest BCUT2D eigenvalue weighted by molar-refractivity contribution is 0.345. The van der Waals surface area contributed by atoms with E-state index in [0.717, 1.165) is 0 Å². The lowest BCUT2D eigenvalue weighted by atomic mass is 10.2. The smallest absolute Gasteiger partial charge is 0.0988 e. The van der Waals surface area contributed by atoms with E-state index < -0.39 is 0 Å². The zero-order valence-electron chi connectivity index (χ0n) is 5.64. The predicted octanol–water partition coefficient (Wildman–Crippen LogP) is 0.382. The Morgan fingerprint density at radius 2 is 2.12 bits per heavy atom. The summed E-state index contributed by atoms with van der Waals surface area (Å²) in [6, 6.07) is 0.519. The summed E-state index contributed by atoms with van der Waals surface area (Å²) in [6.45, 7) is 4.23. The molecule has 1 fully saturated rings. The van der Waals surface area contributed by atoms with Crippen LogP contribution in [0.1, 0.15) is 13.8 Å². The van der Waals surface area contributed by atoms with Gasteiger partial charge in [0.15, 0.2) is 0 Å². The molecule has 2 nitrogen and oxygen atoms in total. The van der Waals surface area contributed by atoms with Crippen LogP contribution < -0.4 is 5.32 Å². The highest BCUT2D eigenvalue weighted by atomic mass is 16.6. The van der Waals surface area contributed by atoms with Gasteiger partial charge in [0.1, 0.15) is 0 Å². The van der Waals surface area contributed by atoms with E-state index in [-0.39, 0.29) is 0 Å². The average molecular weight is 115 g/mol. The van der Waals surface area contributed by atoms with Gasteiger partial charge in [-0.05, 0) is 20.9 Å². The fourth-order valence-electron chi connectivity index (χ4n) is 0.891. The van der Waals surface area contributed by atoms with Crippen molar-refractivity contribution in [3.63, 3.8) is 0 Å². The molecule has 0 aromatic rings. The Labute approximate surface area is 50.2 Å². The number of likely N-dealkylation sites (N-methyl/N-ethyl adjacent to an activating group) is 1. The third-order valence-corrected chi connectivity index (χ3v) is 1.71. The van der Waals surface area contributed by atoms with Gasteiger partial charge in [0.2, 0.25) is 0 Å². The second-order valence-corrected chi connectivity index (χ2v) is 2.38. The standard InChI is InChI=1S/C6H13NO/c1-4(7-3)6-5(2)8-6/h4-7H,1-3H3/t4-,5?,6?/m1/s1. The number of nitrogens with one attached hydrogen (secondary N) is 1. The molecule has 0 aliphatic carbocycles. The van der Waals surface area contributed by atoms with Crippen molar-refractivity contribution < 1.29 is 4.74 Å². The van der Waals surface area contributed by atoms with Crippen LogP contribution in [0.25, 0.3) is 0 Å². The van der Waals surface area contributed by atoms with Crippen molar-refractivity contribution in [2.45, 2.75) is 32.1 Å². The maximum atomic E-state index is 5.21. The number of ether oxygens (including phenoxy) is 1. The third-order valence-electron chi connectivity index (χ3n) is 1.71. The van der Waals surface area contributed by atoms with E-state index in [1.807, 2.05) is 7.05 Å². The Bertz CT molecular complexity index is 82.6. The van der Waals surface area contributed by atoms with E-state index in [9.17, 15) is 0 Å². The Balaban J connectivity index is 2.18. The van der Waals surface area contributed by atoms with Crippen molar-refractivity contribution in [1.29, 1.82) is 0 Å². The van der Waals surface area contributed by atoms with Crippen LogP contribution in [0.3, 0.4) is 0 Å². The second kappa shape index (κ2) is 2.03. The van der Waals surface area contributed by atoms with Gasteiger partial charge in [-0.15, -0.1) is 0 Å². The SMILES string of the molecule is CN[C@H](C)C1OC1C. The van der Waals surface area contributed by atoms with Crippen LogP contribution in [-0.2, 0) is 4.74 Å². The highest BCUT2D eigenvalue weighted by molar-refractivity contribution is 4.88. The molecule has 0 amide bonds. The lowest BCUT2D eigenvalue weighted by Crippen LogP contribution is -2.27. The molecule has 1 heterocycles. The summed E-state index contributed by atoms with van der Waals surface area (Å²) >= 11 is 0. The summed E-state index contributed by atoms with van der Waals surface area (Å²) in [5, 5.41) is 3.13. The number of epoxide rings is 1. The van der Waals surface area contributed by atoms with Gasteiger partial charge in [0, 0.05) is 6.04 Å². The Kier molecular flexibility index (Phi) is 1.54. The molecule has 2 heteroatoms. The summed E-state index contributed by atoms with van der Waals surface area (Å²) in [6.07, 6.45) is 0.956. The maximum Gasteiger partial charge on any atom is 0.0988 e. The van der Waals surface area contributed by atoms with Crippen molar-refractivity contribution in [3.05, 3.63) is 0 Å². The minimum Gasteiger partial charge on any atom is -0.368 e. The van der Waals surface area contributed by atoms with Gasteiger partial charge in [0.25, 0.3) is 0 Å². The molecule has 3 atom stereocenters. The van der Waals surface area contributed by atoms with E-state index in [1.165, 1.54) is 0 Å². The maximum absolute atomic E-state index is 5.21. The molecule has 1 rings (SSSR count). The summed E-state index contributed by atoms with van der Waals surface area (Å²) in [5.41, 5.74) is 0. The largest absolute Gasteiger partial charge is 0.368 e. The van der Waals surface area contributed by atoms with Gasteiger partial charge < -0.3 is 10.1 Å². The van der Waals surface area contributed by atoms with Crippen LogP contribution in [0.15, 0.2) is 0 Å². The molecule has 0 spiro atoms. The van der Waals surface area contributed by atoms with Crippen molar-refractivity contribution in [1.82, 2.24) is 5.32 Å². The number of hydrogen-bond acceptors (Lipinski definition) is 2. The quantitative estimate of drug-likeness (QED) is 0.526. The average Bonchev–Trinajstić information content (AvgIpc) is 2.45. The predicted molar refractivity (Wildman–Crippen MR) is 32.9 cm³/mol. The molecule has 48 valence electrons. The van der Waals surface area contributed by atoms with Gasteiger partial charge in [-0.25, -0.2) is 0 Å². The molecule has 8 heavy (non-hydrogen) atoms. The van der Waals surface area contributed by atoms with Crippen LogP contribution in [0.4, 0.5) is 0 Å². The first-order valence-corrected chi connectivity index (χ1v) is 3.08. The summed E-state index contributed by atoms with van der Waals surface area (Å²) in [5.74, 6) is 0. The van der Waals surface area contributed by atoms with Gasteiger partial charge in [-0.3, -0.25) is 0 Å². The molecule has 1 aliphatic rings. The number of hydrogen-bond donors (Lipinski definition) is 1. The number of rotatable bonds is 2. The highest BCUT2D eigenvalue weighted by Gasteiger charge is 2.37. The lowest BCUT2D eigenvalue weighted by Gasteiger charge is -2.03. The summed E-state index contributed by atoms with van der Waals surface area (Å²) in [4.78, 5) is 0. The van der Waals surface area contributed by atoms with Gasteiger partial charge in [-0.1, -0.05) is 0 Å². The fourth-order valence-corrected chi connectivity index (χ4v) is 0.891. The monoisotopic (exact) mass is 115 g/mol. The first kappa shape index (κ1) is 6.05. The topological polar surface area (TPSA) is 24.6 Å². The van der Waals surface area contributed by atoms with Crippen LogP contribution in [-0.4, -0.2) is 25.3 Å². The van der Waals surface area contributed by atoms with E-state index in [0.29, 0.717) is 18.2 Å². The Morgan fingerprint density at radius 3 is 2.25 bits per heavy atom. The van der Waals surface area contributed by atoms with Crippen molar-refractivity contribution in [2.24, 2.45) is 0 Å². The van der Waals surface area contributed by atoms with Crippen LogP contribution in [0.5, 0.6) is 0 Å². The molecule has 0 radical (unpaired) electrons. The molecule has 0 aromatic carbocycles. The molecule has 1 saturated heterocycles. The minimum atomic E-state index is 0.472. The molecule has 0 saturated carbocycles. The van der Waals surface area contributed by atoms with E-state index in [1.54, 1.807) is 0 Å². The van der Waals surface area contributed by atoms with Crippen LogP contribution in [0, 0.1) is 0 Å².